The lowest BCUT2D eigenvalue weighted by atomic mass is 10.1. The van der Waals surface area contributed by atoms with Gasteiger partial charge in [0.15, 0.2) is 0 Å². The summed E-state index contributed by atoms with van der Waals surface area (Å²) in [7, 11) is 1.99. The molecule has 1 aromatic heterocycles. The highest BCUT2D eigenvalue weighted by molar-refractivity contribution is 5.95. The molecule has 0 unspecified atom stereocenters. The Hall–Kier alpha value is -2.30. The number of hydrogen-bond donors (Lipinski definition) is 0. The molecule has 0 N–H and O–H groups in total. The van der Waals surface area contributed by atoms with Crippen molar-refractivity contribution < 1.29 is 4.79 Å². The maximum Gasteiger partial charge on any atom is 0.254 e. The van der Waals surface area contributed by atoms with Gasteiger partial charge in [-0.3, -0.25) is 4.79 Å². The molecular weight excluding hydrogens is 264 g/mol. The second-order valence-corrected chi connectivity index (χ2v) is 5.43. The number of aryl methyl sites for hydroxylation is 2. The van der Waals surface area contributed by atoms with Gasteiger partial charge >= 0.3 is 0 Å². The highest BCUT2D eigenvalue weighted by Gasteiger charge is 2.24. The Morgan fingerprint density at radius 1 is 1.14 bits per heavy atom. The SMILES string of the molecule is Cc1ccccc1C(=O)N1CCN(c2nccn2C)CC1. The molecule has 1 aliphatic rings. The summed E-state index contributed by atoms with van der Waals surface area (Å²) in [6, 6.07) is 7.77. The molecule has 0 saturated carbocycles. The third-order valence-electron chi connectivity index (χ3n) is 4.02. The largest absolute Gasteiger partial charge is 0.339 e. The molecule has 5 heteroatoms. The van der Waals surface area contributed by atoms with Crippen molar-refractivity contribution in [1.82, 2.24) is 14.5 Å². The number of carbonyl (C=O) groups excluding carboxylic acids is 1. The van der Waals surface area contributed by atoms with E-state index >= 15 is 0 Å². The van der Waals surface area contributed by atoms with Crippen LogP contribution in [-0.4, -0.2) is 46.5 Å². The molecule has 0 spiro atoms. The van der Waals surface area contributed by atoms with Crippen LogP contribution in [0.4, 0.5) is 5.95 Å². The van der Waals surface area contributed by atoms with E-state index in [1.807, 2.05) is 53.9 Å². The summed E-state index contributed by atoms with van der Waals surface area (Å²) in [6.45, 7) is 5.10. The first-order valence-corrected chi connectivity index (χ1v) is 7.24. The van der Waals surface area contributed by atoms with Gasteiger partial charge in [0.05, 0.1) is 0 Å². The standard InChI is InChI=1S/C16H20N4O/c1-13-5-3-4-6-14(13)15(21)19-9-11-20(12-10-19)16-17-7-8-18(16)2/h3-8H,9-12H2,1-2H3. The highest BCUT2D eigenvalue weighted by Crippen LogP contribution is 2.16. The molecular formula is C16H20N4O. The minimum atomic E-state index is 0.132. The van der Waals surface area contributed by atoms with Crippen LogP contribution in [0.15, 0.2) is 36.7 Å². The number of benzene rings is 1. The van der Waals surface area contributed by atoms with E-state index in [2.05, 4.69) is 9.88 Å². The number of hydrogen-bond acceptors (Lipinski definition) is 3. The predicted molar refractivity (Wildman–Crippen MR) is 82.5 cm³/mol. The fraction of sp³-hybridized carbons (Fsp3) is 0.375. The van der Waals surface area contributed by atoms with Crippen LogP contribution >= 0.6 is 0 Å². The fourth-order valence-electron chi connectivity index (χ4n) is 2.76. The second-order valence-electron chi connectivity index (χ2n) is 5.43. The lowest BCUT2D eigenvalue weighted by Crippen LogP contribution is -2.49. The number of piperazine rings is 1. The van der Waals surface area contributed by atoms with Crippen LogP contribution in [0.3, 0.4) is 0 Å². The van der Waals surface area contributed by atoms with E-state index in [0.29, 0.717) is 0 Å². The molecule has 0 aliphatic carbocycles. The summed E-state index contributed by atoms with van der Waals surface area (Å²) in [5.74, 6) is 1.10. The molecule has 0 atom stereocenters. The van der Waals surface area contributed by atoms with E-state index in [-0.39, 0.29) is 5.91 Å². The Labute approximate surface area is 124 Å². The van der Waals surface area contributed by atoms with Crippen molar-refractivity contribution in [3.05, 3.63) is 47.8 Å². The number of imidazole rings is 1. The monoisotopic (exact) mass is 284 g/mol. The van der Waals surface area contributed by atoms with Crippen LogP contribution in [0.25, 0.3) is 0 Å². The molecule has 110 valence electrons. The number of carbonyl (C=O) groups is 1. The molecule has 5 nitrogen and oxygen atoms in total. The van der Waals surface area contributed by atoms with Gasteiger partial charge in [-0.05, 0) is 18.6 Å². The minimum absolute atomic E-state index is 0.132. The topological polar surface area (TPSA) is 41.4 Å². The molecule has 3 rings (SSSR count). The van der Waals surface area contributed by atoms with Gasteiger partial charge in [-0.1, -0.05) is 18.2 Å². The van der Waals surface area contributed by atoms with Gasteiger partial charge in [0.25, 0.3) is 5.91 Å². The summed E-state index contributed by atoms with van der Waals surface area (Å²) in [5.41, 5.74) is 1.84. The minimum Gasteiger partial charge on any atom is -0.339 e. The van der Waals surface area contributed by atoms with E-state index in [1.54, 1.807) is 6.20 Å². The van der Waals surface area contributed by atoms with Crippen LogP contribution in [-0.2, 0) is 7.05 Å². The van der Waals surface area contributed by atoms with Crippen molar-refractivity contribution >= 4 is 11.9 Å². The van der Waals surface area contributed by atoms with E-state index in [4.69, 9.17) is 0 Å². The van der Waals surface area contributed by atoms with Crippen LogP contribution in [0.2, 0.25) is 0 Å². The number of aromatic nitrogens is 2. The lowest BCUT2D eigenvalue weighted by molar-refractivity contribution is 0.0745. The molecule has 2 heterocycles. The third-order valence-corrected chi connectivity index (χ3v) is 4.02. The van der Waals surface area contributed by atoms with E-state index < -0.39 is 0 Å². The molecule has 21 heavy (non-hydrogen) atoms. The number of anilines is 1. The first kappa shape index (κ1) is 13.7. The Bertz CT molecular complexity index is 641. The predicted octanol–water partition coefficient (Wildman–Crippen LogP) is 1.69. The van der Waals surface area contributed by atoms with Crippen molar-refractivity contribution in [3.63, 3.8) is 0 Å². The van der Waals surface area contributed by atoms with Gasteiger partial charge in [-0.2, -0.15) is 0 Å². The molecule has 1 amide bonds. The Kier molecular flexibility index (Phi) is 3.64. The van der Waals surface area contributed by atoms with Crippen molar-refractivity contribution in [3.8, 4) is 0 Å². The maximum atomic E-state index is 12.6. The third kappa shape index (κ3) is 2.63. The molecule has 2 aromatic rings. The van der Waals surface area contributed by atoms with Gasteiger partial charge in [-0.25, -0.2) is 4.98 Å². The average molecular weight is 284 g/mol. The van der Waals surface area contributed by atoms with Crippen LogP contribution < -0.4 is 4.90 Å². The Morgan fingerprint density at radius 2 is 1.86 bits per heavy atom. The second kappa shape index (κ2) is 5.60. The molecule has 0 bridgehead atoms. The molecule has 1 aliphatic heterocycles. The fourth-order valence-corrected chi connectivity index (χ4v) is 2.76. The summed E-state index contributed by atoms with van der Waals surface area (Å²) < 4.78 is 2.01. The number of rotatable bonds is 2. The summed E-state index contributed by atoms with van der Waals surface area (Å²) >= 11 is 0. The summed E-state index contributed by atoms with van der Waals surface area (Å²) in [6.07, 6.45) is 3.75. The first-order valence-electron chi connectivity index (χ1n) is 7.24. The first-order chi connectivity index (χ1) is 10.2. The summed E-state index contributed by atoms with van der Waals surface area (Å²) in [4.78, 5) is 21.1. The van der Waals surface area contributed by atoms with Crippen LogP contribution in [0.1, 0.15) is 15.9 Å². The van der Waals surface area contributed by atoms with Crippen molar-refractivity contribution in [1.29, 1.82) is 0 Å². The van der Waals surface area contributed by atoms with E-state index in [9.17, 15) is 4.79 Å². The van der Waals surface area contributed by atoms with Gasteiger partial charge < -0.3 is 14.4 Å². The number of nitrogens with zero attached hydrogens (tertiary/aromatic N) is 4. The Balaban J connectivity index is 1.67. The van der Waals surface area contributed by atoms with Crippen LogP contribution in [0, 0.1) is 6.92 Å². The van der Waals surface area contributed by atoms with Gasteiger partial charge in [0.1, 0.15) is 0 Å². The normalized spacial score (nSPS) is 15.3. The zero-order valence-corrected chi connectivity index (χ0v) is 12.5. The van der Waals surface area contributed by atoms with Crippen LogP contribution in [0.5, 0.6) is 0 Å². The maximum absolute atomic E-state index is 12.6. The smallest absolute Gasteiger partial charge is 0.254 e. The zero-order valence-electron chi connectivity index (χ0n) is 12.5. The lowest BCUT2D eigenvalue weighted by Gasteiger charge is -2.35. The zero-order chi connectivity index (χ0) is 14.8. The van der Waals surface area contributed by atoms with Crippen molar-refractivity contribution in [2.24, 2.45) is 7.05 Å². The average Bonchev–Trinajstić information content (AvgIpc) is 2.93. The highest BCUT2D eigenvalue weighted by atomic mass is 16.2. The van der Waals surface area contributed by atoms with E-state index in [0.717, 1.165) is 43.3 Å². The summed E-state index contributed by atoms with van der Waals surface area (Å²) in [5, 5.41) is 0. The number of amides is 1. The molecule has 0 radical (unpaired) electrons. The van der Waals surface area contributed by atoms with Crippen molar-refractivity contribution in [2.45, 2.75) is 6.92 Å². The molecule has 1 fully saturated rings. The van der Waals surface area contributed by atoms with Gasteiger partial charge in [0.2, 0.25) is 5.95 Å². The van der Waals surface area contributed by atoms with Gasteiger partial charge in [0, 0.05) is 51.2 Å². The van der Waals surface area contributed by atoms with Crippen molar-refractivity contribution in [2.75, 3.05) is 31.1 Å². The molecule has 1 saturated heterocycles. The Morgan fingerprint density at radius 3 is 2.48 bits per heavy atom. The van der Waals surface area contributed by atoms with E-state index in [1.165, 1.54) is 0 Å². The quantitative estimate of drug-likeness (QED) is 0.842. The molecule has 1 aromatic carbocycles. The van der Waals surface area contributed by atoms with Gasteiger partial charge in [-0.15, -0.1) is 0 Å².